The first kappa shape index (κ1) is 12.1. The lowest BCUT2D eigenvalue weighted by atomic mass is 9.91. The van der Waals surface area contributed by atoms with Gasteiger partial charge in [-0.2, -0.15) is 0 Å². The van der Waals surface area contributed by atoms with Crippen LogP contribution >= 0.6 is 0 Å². The molecular formula is C10H15BF3N. The first-order valence-electron chi connectivity index (χ1n) is 4.99. The van der Waals surface area contributed by atoms with Gasteiger partial charge in [-0.1, -0.05) is 13.8 Å². The minimum absolute atomic E-state index is 0.247. The molecule has 1 rings (SSSR count). The van der Waals surface area contributed by atoms with Crippen molar-refractivity contribution in [2.75, 3.05) is 0 Å². The number of rotatable bonds is 3. The van der Waals surface area contributed by atoms with Gasteiger partial charge < -0.3 is 12.9 Å². The van der Waals surface area contributed by atoms with E-state index in [9.17, 15) is 12.9 Å². The SMILES string of the molecule is Cc1cc(C(C)C)c[n+](C[B-](F)(F)F)c1. The van der Waals surface area contributed by atoms with Crippen molar-refractivity contribution in [1.29, 1.82) is 0 Å². The summed E-state index contributed by atoms with van der Waals surface area (Å²) in [6.45, 7) is 0.981. The van der Waals surface area contributed by atoms with Gasteiger partial charge >= 0.3 is 6.98 Å². The van der Waals surface area contributed by atoms with Gasteiger partial charge in [-0.05, 0) is 18.9 Å². The third-order valence-electron chi connectivity index (χ3n) is 2.16. The molecule has 5 heteroatoms. The summed E-state index contributed by atoms with van der Waals surface area (Å²) in [5.74, 6) is 0.247. The van der Waals surface area contributed by atoms with Crippen LogP contribution in [0.3, 0.4) is 0 Å². The monoisotopic (exact) mass is 217 g/mol. The van der Waals surface area contributed by atoms with Gasteiger partial charge in [0.25, 0.3) is 0 Å². The van der Waals surface area contributed by atoms with Crippen molar-refractivity contribution in [1.82, 2.24) is 0 Å². The van der Waals surface area contributed by atoms with Gasteiger partial charge in [0.1, 0.15) is 6.44 Å². The van der Waals surface area contributed by atoms with E-state index in [2.05, 4.69) is 0 Å². The predicted molar refractivity (Wildman–Crippen MR) is 54.5 cm³/mol. The van der Waals surface area contributed by atoms with Gasteiger partial charge in [0, 0.05) is 11.1 Å². The van der Waals surface area contributed by atoms with Crippen LogP contribution in [-0.4, -0.2) is 6.98 Å². The fraction of sp³-hybridized carbons (Fsp3) is 0.500. The number of hydrogen-bond acceptors (Lipinski definition) is 0. The molecule has 15 heavy (non-hydrogen) atoms. The number of pyridine rings is 1. The molecule has 0 saturated heterocycles. The summed E-state index contributed by atoms with van der Waals surface area (Å²) >= 11 is 0. The Kier molecular flexibility index (Phi) is 3.42. The quantitative estimate of drug-likeness (QED) is 0.541. The Bertz CT molecular complexity index is 347. The summed E-state index contributed by atoms with van der Waals surface area (Å²) in [6.07, 6.45) is 2.25. The minimum Gasteiger partial charge on any atom is -0.445 e. The molecule has 0 bridgehead atoms. The summed E-state index contributed by atoms with van der Waals surface area (Å²) in [5.41, 5.74) is 1.80. The normalized spacial score (nSPS) is 12.2. The van der Waals surface area contributed by atoms with Gasteiger partial charge in [0.15, 0.2) is 12.4 Å². The summed E-state index contributed by atoms with van der Waals surface area (Å²) in [5, 5.41) is 0. The van der Waals surface area contributed by atoms with Crippen molar-refractivity contribution in [3.8, 4) is 0 Å². The molecular weight excluding hydrogens is 202 g/mol. The molecule has 0 aliphatic heterocycles. The molecule has 1 aromatic rings. The molecule has 0 aliphatic carbocycles. The highest BCUT2D eigenvalue weighted by atomic mass is 19.4. The minimum atomic E-state index is -4.77. The van der Waals surface area contributed by atoms with E-state index in [0.29, 0.717) is 0 Å². The van der Waals surface area contributed by atoms with Crippen molar-refractivity contribution in [3.63, 3.8) is 0 Å². The molecule has 0 fully saturated rings. The zero-order chi connectivity index (χ0) is 11.6. The second-order valence-electron chi connectivity index (χ2n) is 4.21. The third kappa shape index (κ3) is 3.94. The van der Waals surface area contributed by atoms with Crippen LogP contribution in [0.15, 0.2) is 18.5 Å². The van der Waals surface area contributed by atoms with Gasteiger partial charge in [0.2, 0.25) is 0 Å². The van der Waals surface area contributed by atoms with E-state index in [-0.39, 0.29) is 5.92 Å². The molecule has 0 aliphatic rings. The smallest absolute Gasteiger partial charge is 0.445 e. The number of halogens is 3. The predicted octanol–water partition coefficient (Wildman–Crippen LogP) is 2.79. The van der Waals surface area contributed by atoms with E-state index < -0.39 is 13.4 Å². The Morgan fingerprint density at radius 2 is 1.87 bits per heavy atom. The molecule has 1 heterocycles. The van der Waals surface area contributed by atoms with E-state index in [1.165, 1.54) is 10.8 Å². The number of aryl methyl sites for hydroxylation is 1. The molecule has 0 unspecified atom stereocenters. The molecule has 1 aromatic heterocycles. The fourth-order valence-corrected chi connectivity index (χ4v) is 1.49. The average Bonchev–Trinajstić information content (AvgIpc) is 1.99. The second kappa shape index (κ2) is 4.25. The first-order chi connectivity index (χ1) is 6.78. The summed E-state index contributed by atoms with van der Waals surface area (Å²) in [4.78, 5) is 0. The zero-order valence-electron chi connectivity index (χ0n) is 9.17. The molecule has 0 N–H and O–H groups in total. The summed E-state index contributed by atoms with van der Waals surface area (Å²) in [7, 11) is 0. The van der Waals surface area contributed by atoms with Crippen LogP contribution in [-0.2, 0) is 6.44 Å². The maximum Gasteiger partial charge on any atom is 0.542 e. The topological polar surface area (TPSA) is 3.88 Å². The highest BCUT2D eigenvalue weighted by Crippen LogP contribution is 2.14. The lowest BCUT2D eigenvalue weighted by Gasteiger charge is -2.11. The number of hydrogen-bond donors (Lipinski definition) is 0. The largest absolute Gasteiger partial charge is 0.542 e. The van der Waals surface area contributed by atoms with E-state index >= 15 is 0 Å². The van der Waals surface area contributed by atoms with E-state index in [4.69, 9.17) is 0 Å². The van der Waals surface area contributed by atoms with E-state index in [1.54, 1.807) is 6.20 Å². The van der Waals surface area contributed by atoms with Crippen molar-refractivity contribution in [2.45, 2.75) is 33.1 Å². The van der Waals surface area contributed by atoms with Crippen molar-refractivity contribution < 1.29 is 17.5 Å². The van der Waals surface area contributed by atoms with Crippen LogP contribution in [0.5, 0.6) is 0 Å². The Balaban J connectivity index is 2.99. The van der Waals surface area contributed by atoms with Crippen molar-refractivity contribution >= 4 is 6.98 Å². The molecule has 0 spiro atoms. The van der Waals surface area contributed by atoms with Crippen LogP contribution in [0.2, 0.25) is 0 Å². The Labute approximate surface area is 88.0 Å². The third-order valence-corrected chi connectivity index (χ3v) is 2.16. The molecule has 1 nitrogen and oxygen atoms in total. The van der Waals surface area contributed by atoms with E-state index in [0.717, 1.165) is 11.1 Å². The number of aromatic nitrogens is 1. The molecule has 84 valence electrons. The van der Waals surface area contributed by atoms with Gasteiger partial charge in [-0.25, -0.2) is 4.57 Å². The molecule has 0 aromatic carbocycles. The maximum atomic E-state index is 12.2. The Morgan fingerprint density at radius 3 is 2.33 bits per heavy atom. The van der Waals surface area contributed by atoms with Crippen LogP contribution in [0.4, 0.5) is 12.9 Å². The molecule has 0 amide bonds. The zero-order valence-corrected chi connectivity index (χ0v) is 9.17. The highest BCUT2D eigenvalue weighted by molar-refractivity contribution is 6.56. The molecule has 0 radical (unpaired) electrons. The van der Waals surface area contributed by atoms with Crippen LogP contribution in [0.25, 0.3) is 0 Å². The van der Waals surface area contributed by atoms with E-state index in [1.807, 2.05) is 26.8 Å². The lowest BCUT2D eigenvalue weighted by Crippen LogP contribution is -2.44. The first-order valence-corrected chi connectivity index (χ1v) is 4.99. The Morgan fingerprint density at radius 1 is 1.27 bits per heavy atom. The standard InChI is InChI=1S/C10H15BF3N/c1-8(2)10-4-9(3)5-15(6-10)7-11(12,13)14/h4-6,8H,7H2,1-3H3. The average molecular weight is 217 g/mol. The molecule has 0 atom stereocenters. The van der Waals surface area contributed by atoms with Crippen molar-refractivity contribution in [2.24, 2.45) is 0 Å². The Hall–Kier alpha value is -0.995. The van der Waals surface area contributed by atoms with Gasteiger partial charge in [0.05, 0.1) is 0 Å². The number of nitrogens with zero attached hydrogens (tertiary/aromatic N) is 1. The summed E-state index contributed by atoms with van der Waals surface area (Å²) in [6, 6.07) is 1.92. The van der Waals surface area contributed by atoms with Crippen molar-refractivity contribution in [3.05, 3.63) is 29.6 Å². The summed E-state index contributed by atoms with van der Waals surface area (Å²) < 4.78 is 38.0. The van der Waals surface area contributed by atoms with Crippen LogP contribution in [0.1, 0.15) is 30.9 Å². The fourth-order valence-electron chi connectivity index (χ4n) is 1.49. The second-order valence-corrected chi connectivity index (χ2v) is 4.21. The van der Waals surface area contributed by atoms with Crippen LogP contribution in [0, 0.1) is 6.92 Å². The maximum absolute atomic E-state index is 12.2. The lowest BCUT2D eigenvalue weighted by molar-refractivity contribution is -0.684. The molecule has 0 saturated carbocycles. The highest BCUT2D eigenvalue weighted by Gasteiger charge is 2.29. The van der Waals surface area contributed by atoms with Crippen LogP contribution < -0.4 is 4.57 Å². The van der Waals surface area contributed by atoms with Gasteiger partial charge in [-0.3, -0.25) is 0 Å². The van der Waals surface area contributed by atoms with Gasteiger partial charge in [-0.15, -0.1) is 0 Å².